The average Bonchev–Trinajstić information content (AvgIpc) is 3.39. The standard InChI is InChI=1S/C31H32ClF3N8O4/c1-3-40-8-9-42(15(2)12-40)21-11-19(24(32)28(35)38-21)37-22(44)14-41-13-18(16-10-17(29(36)46)27(45)26(34)25(16)33)23-30(41)39-20-6-4-5-7-43(20)31(23)47/h10-11,13,15,45H,3-9,12,14H2,1-2H3,(H2,36,46)(H,37,38,44)/t15-/m0/s1. The third kappa shape index (κ3) is 5.78. The molecule has 4 aromatic rings. The number of rotatable bonds is 7. The summed E-state index contributed by atoms with van der Waals surface area (Å²) in [5.74, 6) is -6.64. The number of phenols is 1. The molecule has 0 aliphatic carbocycles. The third-order valence-corrected chi connectivity index (χ3v) is 9.13. The molecule has 0 bridgehead atoms. The van der Waals surface area contributed by atoms with Gasteiger partial charge in [-0.3, -0.25) is 23.9 Å². The van der Waals surface area contributed by atoms with Crippen molar-refractivity contribution in [3.05, 3.63) is 62.7 Å². The van der Waals surface area contributed by atoms with Crippen LogP contribution in [0, 0.1) is 17.6 Å². The van der Waals surface area contributed by atoms with Crippen molar-refractivity contribution in [2.75, 3.05) is 36.4 Å². The molecule has 16 heteroatoms. The zero-order valence-corrected chi connectivity index (χ0v) is 26.4. The minimum atomic E-state index is -1.73. The van der Waals surface area contributed by atoms with Crippen LogP contribution in [0.25, 0.3) is 22.2 Å². The fourth-order valence-electron chi connectivity index (χ4n) is 6.34. The summed E-state index contributed by atoms with van der Waals surface area (Å²) in [5, 5.41) is 12.1. The predicted molar refractivity (Wildman–Crippen MR) is 169 cm³/mol. The van der Waals surface area contributed by atoms with Gasteiger partial charge in [0.05, 0.1) is 16.6 Å². The van der Waals surface area contributed by atoms with Gasteiger partial charge in [-0.15, -0.1) is 0 Å². The fraction of sp³-hybridized carbons (Fsp3) is 0.387. The summed E-state index contributed by atoms with van der Waals surface area (Å²) in [6, 6.07) is 2.35. The number of carbonyl (C=O) groups excluding carboxylic acids is 2. The Hall–Kier alpha value is -4.63. The van der Waals surface area contributed by atoms with Crippen LogP contribution in [0.3, 0.4) is 0 Å². The molecule has 3 aromatic heterocycles. The molecule has 248 valence electrons. The zero-order valence-electron chi connectivity index (χ0n) is 25.6. The molecule has 6 rings (SSSR count). The van der Waals surface area contributed by atoms with Crippen LogP contribution >= 0.6 is 11.6 Å². The number of nitrogens with zero attached hydrogens (tertiary/aromatic N) is 6. The largest absolute Gasteiger partial charge is 0.504 e. The molecule has 1 atom stereocenters. The summed E-state index contributed by atoms with van der Waals surface area (Å²) < 4.78 is 47.7. The first-order chi connectivity index (χ1) is 22.4. The number of fused-ring (bicyclic) bond motifs is 2. The van der Waals surface area contributed by atoms with E-state index in [2.05, 4.69) is 27.1 Å². The van der Waals surface area contributed by atoms with Crippen molar-refractivity contribution in [1.82, 2.24) is 24.0 Å². The summed E-state index contributed by atoms with van der Waals surface area (Å²) in [7, 11) is 0. The number of aromatic nitrogens is 4. The van der Waals surface area contributed by atoms with Crippen LogP contribution in [-0.2, 0) is 24.3 Å². The van der Waals surface area contributed by atoms with E-state index in [1.807, 2.05) is 11.8 Å². The second-order valence-corrected chi connectivity index (χ2v) is 12.1. The van der Waals surface area contributed by atoms with Gasteiger partial charge in [0.2, 0.25) is 17.7 Å². The summed E-state index contributed by atoms with van der Waals surface area (Å²) in [6.45, 7) is 6.88. The van der Waals surface area contributed by atoms with Crippen LogP contribution in [-0.4, -0.2) is 73.1 Å². The third-order valence-electron chi connectivity index (χ3n) is 8.77. The number of nitrogens with two attached hydrogens (primary N) is 1. The molecule has 2 aliphatic heterocycles. The Balaban J connectivity index is 1.40. The SMILES string of the molecule is CCN1CCN(c2cc(NC(=O)Cn3cc(-c4cc(C(N)=O)c(O)c(F)c4F)c4c(=O)n5c(nc43)CCCC5)c(Cl)c(F)n2)[C@@H](C)C1. The number of aromatic hydroxyl groups is 1. The number of carbonyl (C=O) groups is 2. The molecule has 2 aliphatic rings. The first kappa shape index (κ1) is 32.3. The number of halogens is 4. The van der Waals surface area contributed by atoms with Gasteiger partial charge < -0.3 is 25.6 Å². The Bertz CT molecular complexity index is 2000. The van der Waals surface area contributed by atoms with E-state index < -0.39 is 63.4 Å². The highest BCUT2D eigenvalue weighted by Crippen LogP contribution is 2.36. The Morgan fingerprint density at radius 2 is 1.87 bits per heavy atom. The van der Waals surface area contributed by atoms with Crippen molar-refractivity contribution in [1.29, 1.82) is 0 Å². The predicted octanol–water partition coefficient (Wildman–Crippen LogP) is 3.64. The van der Waals surface area contributed by atoms with E-state index in [9.17, 15) is 28.3 Å². The minimum Gasteiger partial charge on any atom is -0.504 e. The van der Waals surface area contributed by atoms with Crippen molar-refractivity contribution in [3.8, 4) is 16.9 Å². The molecule has 5 heterocycles. The molecule has 1 aromatic carbocycles. The summed E-state index contributed by atoms with van der Waals surface area (Å²) in [5.41, 5.74) is 3.33. The van der Waals surface area contributed by atoms with Crippen LogP contribution in [0.4, 0.5) is 24.7 Å². The van der Waals surface area contributed by atoms with Gasteiger partial charge in [-0.05, 0) is 32.4 Å². The number of piperazine rings is 1. The Kier molecular flexibility index (Phi) is 8.61. The van der Waals surface area contributed by atoms with Gasteiger partial charge >= 0.3 is 0 Å². The van der Waals surface area contributed by atoms with E-state index in [-0.39, 0.29) is 28.3 Å². The summed E-state index contributed by atoms with van der Waals surface area (Å²) >= 11 is 6.22. The quantitative estimate of drug-likeness (QED) is 0.252. The number of aryl methyl sites for hydroxylation is 1. The monoisotopic (exact) mass is 672 g/mol. The molecule has 2 amide bonds. The molecular formula is C31H32ClF3N8O4. The number of amides is 2. The smallest absolute Gasteiger partial charge is 0.263 e. The lowest BCUT2D eigenvalue weighted by molar-refractivity contribution is -0.116. The maximum atomic E-state index is 15.3. The number of anilines is 2. The molecule has 1 fully saturated rings. The molecule has 47 heavy (non-hydrogen) atoms. The van der Waals surface area contributed by atoms with Crippen LogP contribution in [0.15, 0.2) is 23.1 Å². The van der Waals surface area contributed by atoms with E-state index in [1.165, 1.54) is 21.4 Å². The van der Waals surface area contributed by atoms with Crippen molar-refractivity contribution in [2.24, 2.45) is 5.73 Å². The number of benzene rings is 1. The van der Waals surface area contributed by atoms with Gasteiger partial charge in [0, 0.05) is 62.0 Å². The minimum absolute atomic E-state index is 0.0112. The topological polar surface area (TPSA) is 152 Å². The molecule has 0 unspecified atom stereocenters. The van der Waals surface area contributed by atoms with Crippen LogP contribution in [0.1, 0.15) is 42.9 Å². The van der Waals surface area contributed by atoms with E-state index in [1.54, 1.807) is 0 Å². The first-order valence-electron chi connectivity index (χ1n) is 15.2. The zero-order chi connectivity index (χ0) is 33.7. The average molecular weight is 673 g/mol. The number of hydrogen-bond donors (Lipinski definition) is 3. The normalized spacial score (nSPS) is 16.8. The second-order valence-electron chi connectivity index (χ2n) is 11.7. The fourth-order valence-corrected chi connectivity index (χ4v) is 6.48. The van der Waals surface area contributed by atoms with E-state index in [0.717, 1.165) is 32.1 Å². The summed E-state index contributed by atoms with van der Waals surface area (Å²) in [4.78, 5) is 52.0. The van der Waals surface area contributed by atoms with Crippen LogP contribution < -0.4 is 21.5 Å². The lowest BCUT2D eigenvalue weighted by Gasteiger charge is -2.40. The number of primary amides is 1. The Morgan fingerprint density at radius 1 is 1.11 bits per heavy atom. The summed E-state index contributed by atoms with van der Waals surface area (Å²) in [6.07, 6.45) is 3.18. The molecule has 4 N–H and O–H groups in total. The highest BCUT2D eigenvalue weighted by molar-refractivity contribution is 6.33. The molecular weight excluding hydrogens is 641 g/mol. The molecule has 1 saturated heterocycles. The lowest BCUT2D eigenvalue weighted by Crippen LogP contribution is -2.52. The van der Waals surface area contributed by atoms with Gasteiger partial charge in [-0.25, -0.2) is 14.4 Å². The highest BCUT2D eigenvalue weighted by Gasteiger charge is 2.29. The van der Waals surface area contributed by atoms with E-state index in [0.29, 0.717) is 37.6 Å². The van der Waals surface area contributed by atoms with Gasteiger partial charge in [0.25, 0.3) is 11.5 Å². The van der Waals surface area contributed by atoms with Gasteiger partial charge in [-0.1, -0.05) is 18.5 Å². The number of hydrogen-bond acceptors (Lipinski definition) is 8. The van der Waals surface area contributed by atoms with Crippen LogP contribution in [0.2, 0.25) is 5.02 Å². The van der Waals surface area contributed by atoms with Crippen molar-refractivity contribution in [2.45, 2.75) is 52.2 Å². The number of pyridine rings is 1. The maximum absolute atomic E-state index is 15.3. The van der Waals surface area contributed by atoms with E-state index in [4.69, 9.17) is 17.3 Å². The van der Waals surface area contributed by atoms with Crippen molar-refractivity contribution < 1.29 is 27.9 Å². The first-order valence-corrected chi connectivity index (χ1v) is 15.6. The molecule has 12 nitrogen and oxygen atoms in total. The molecule has 0 radical (unpaired) electrons. The molecule has 0 saturated carbocycles. The Labute approximate surface area is 271 Å². The van der Waals surface area contributed by atoms with Crippen molar-refractivity contribution in [3.63, 3.8) is 0 Å². The van der Waals surface area contributed by atoms with Gasteiger partial charge in [0.1, 0.15) is 28.9 Å². The number of likely N-dealkylation sites (N-methyl/N-ethyl adjacent to an activating group) is 1. The van der Waals surface area contributed by atoms with E-state index >= 15 is 4.39 Å². The molecule has 0 spiro atoms. The van der Waals surface area contributed by atoms with Gasteiger partial charge in [0.15, 0.2) is 11.6 Å². The van der Waals surface area contributed by atoms with Gasteiger partial charge in [-0.2, -0.15) is 8.78 Å². The highest BCUT2D eigenvalue weighted by atomic mass is 35.5. The number of nitrogens with one attached hydrogen (secondary N) is 1. The van der Waals surface area contributed by atoms with Crippen molar-refractivity contribution >= 4 is 46.0 Å². The maximum Gasteiger partial charge on any atom is 0.263 e. The Morgan fingerprint density at radius 3 is 2.57 bits per heavy atom. The second kappa shape index (κ2) is 12.5. The lowest BCUT2D eigenvalue weighted by atomic mass is 10.0. The van der Waals surface area contributed by atoms with Crippen LogP contribution in [0.5, 0.6) is 5.75 Å².